The number of primary amides is 1. The zero-order valence-corrected chi connectivity index (χ0v) is 15.2. The van der Waals surface area contributed by atoms with Crippen molar-refractivity contribution in [1.82, 2.24) is 4.98 Å². The first kappa shape index (κ1) is 19.9. The van der Waals surface area contributed by atoms with Crippen LogP contribution in [0.1, 0.15) is 37.3 Å². The quantitative estimate of drug-likeness (QED) is 0.665. The van der Waals surface area contributed by atoms with E-state index in [-0.39, 0.29) is 29.7 Å². The van der Waals surface area contributed by atoms with E-state index in [1.165, 1.54) is 18.2 Å². The SMILES string of the molecule is C[C@H](OC(N)=O)c1oc(-c2ccc(OC(F)F)c(OCC3CC3)c2)nc1CN. The molecule has 0 aliphatic heterocycles. The second-order valence-electron chi connectivity index (χ2n) is 6.41. The number of carbonyl (C=O) groups is 1. The monoisotopic (exact) mass is 397 g/mol. The number of benzene rings is 1. The van der Waals surface area contributed by atoms with Gasteiger partial charge >= 0.3 is 12.7 Å². The van der Waals surface area contributed by atoms with Gasteiger partial charge in [-0.05, 0) is 43.9 Å². The number of hydrogen-bond acceptors (Lipinski definition) is 7. The smallest absolute Gasteiger partial charge is 0.405 e. The Bertz CT molecular complexity index is 839. The van der Waals surface area contributed by atoms with Gasteiger partial charge in [-0.1, -0.05) is 0 Å². The summed E-state index contributed by atoms with van der Waals surface area (Å²) in [6, 6.07) is 4.38. The van der Waals surface area contributed by atoms with E-state index in [1.807, 2.05) is 0 Å². The summed E-state index contributed by atoms with van der Waals surface area (Å²) in [6.45, 7) is -0.948. The van der Waals surface area contributed by atoms with Gasteiger partial charge in [-0.2, -0.15) is 8.78 Å². The molecule has 2 aromatic rings. The summed E-state index contributed by atoms with van der Waals surface area (Å²) in [5.41, 5.74) is 11.6. The zero-order chi connectivity index (χ0) is 20.3. The van der Waals surface area contributed by atoms with Gasteiger partial charge in [0.2, 0.25) is 5.89 Å². The van der Waals surface area contributed by atoms with E-state index in [1.54, 1.807) is 6.92 Å². The molecule has 0 saturated heterocycles. The van der Waals surface area contributed by atoms with Crippen molar-refractivity contribution in [3.05, 3.63) is 29.7 Å². The van der Waals surface area contributed by atoms with Gasteiger partial charge in [0.25, 0.3) is 0 Å². The second-order valence-corrected chi connectivity index (χ2v) is 6.41. The third-order valence-electron chi connectivity index (χ3n) is 4.16. The second kappa shape index (κ2) is 8.42. The van der Waals surface area contributed by atoms with E-state index >= 15 is 0 Å². The van der Waals surface area contributed by atoms with Gasteiger partial charge in [-0.25, -0.2) is 9.78 Å². The predicted molar refractivity (Wildman–Crippen MR) is 93.8 cm³/mol. The maximum absolute atomic E-state index is 12.7. The summed E-state index contributed by atoms with van der Waals surface area (Å²) in [5.74, 6) is 0.947. The van der Waals surface area contributed by atoms with Crippen molar-refractivity contribution >= 4 is 6.09 Å². The largest absolute Gasteiger partial charge is 0.489 e. The van der Waals surface area contributed by atoms with Crippen molar-refractivity contribution in [1.29, 1.82) is 0 Å². The highest BCUT2D eigenvalue weighted by Crippen LogP contribution is 2.37. The molecule has 152 valence electrons. The van der Waals surface area contributed by atoms with Crippen LogP contribution in [0.4, 0.5) is 13.6 Å². The van der Waals surface area contributed by atoms with Gasteiger partial charge in [0.1, 0.15) is 5.69 Å². The molecule has 1 heterocycles. The van der Waals surface area contributed by atoms with Crippen molar-refractivity contribution in [2.24, 2.45) is 17.4 Å². The Morgan fingerprint density at radius 1 is 1.36 bits per heavy atom. The summed E-state index contributed by atoms with van der Waals surface area (Å²) < 4.78 is 46.1. The first-order valence-electron chi connectivity index (χ1n) is 8.75. The first-order valence-corrected chi connectivity index (χ1v) is 8.75. The van der Waals surface area contributed by atoms with Crippen LogP contribution in [0.2, 0.25) is 0 Å². The number of halogens is 2. The van der Waals surface area contributed by atoms with E-state index in [0.29, 0.717) is 23.8 Å². The number of aromatic nitrogens is 1. The topological polar surface area (TPSA) is 123 Å². The van der Waals surface area contributed by atoms with Crippen LogP contribution in [-0.4, -0.2) is 24.3 Å². The number of amides is 1. The van der Waals surface area contributed by atoms with Crippen LogP contribution >= 0.6 is 0 Å². The first-order chi connectivity index (χ1) is 13.4. The van der Waals surface area contributed by atoms with E-state index in [9.17, 15) is 13.6 Å². The number of alkyl halides is 2. The standard InChI is InChI=1S/C18H21F2N3O5/c1-9(26-18(22)24)15-12(7-21)23-16(28-15)11-4-5-13(27-17(19)20)14(6-11)25-8-10-2-3-10/h4-6,9-10,17H,2-3,7-8,21H2,1H3,(H2,22,24)/t9-/m0/s1. The Hall–Kier alpha value is -2.88. The molecule has 4 N–H and O–H groups in total. The van der Waals surface area contributed by atoms with Crippen molar-refractivity contribution < 1.29 is 32.2 Å². The Balaban J connectivity index is 1.90. The minimum Gasteiger partial charge on any atom is -0.489 e. The minimum absolute atomic E-state index is 0.0446. The lowest BCUT2D eigenvalue weighted by Gasteiger charge is -2.13. The van der Waals surface area contributed by atoms with E-state index < -0.39 is 18.8 Å². The number of rotatable bonds is 9. The molecule has 10 heteroatoms. The van der Waals surface area contributed by atoms with Gasteiger partial charge in [-0.3, -0.25) is 0 Å². The van der Waals surface area contributed by atoms with E-state index in [4.69, 9.17) is 25.4 Å². The van der Waals surface area contributed by atoms with Gasteiger partial charge in [-0.15, -0.1) is 0 Å². The summed E-state index contributed by atoms with van der Waals surface area (Å²) in [6.07, 6.45) is 0.346. The van der Waals surface area contributed by atoms with E-state index in [2.05, 4.69) is 9.72 Å². The predicted octanol–water partition coefficient (Wildman–Crippen LogP) is 3.35. The molecule has 1 aliphatic carbocycles. The van der Waals surface area contributed by atoms with Crippen LogP contribution in [0.15, 0.2) is 22.6 Å². The molecule has 1 aromatic carbocycles. The van der Waals surface area contributed by atoms with Crippen molar-refractivity contribution in [2.45, 2.75) is 39.0 Å². The van der Waals surface area contributed by atoms with Crippen molar-refractivity contribution in [2.75, 3.05) is 6.61 Å². The molecule has 1 fully saturated rings. The molecular weight excluding hydrogens is 376 g/mol. The molecule has 1 saturated carbocycles. The van der Waals surface area contributed by atoms with Gasteiger partial charge < -0.3 is 30.1 Å². The summed E-state index contributed by atoms with van der Waals surface area (Å²) in [7, 11) is 0. The number of oxazole rings is 1. The van der Waals surface area contributed by atoms with Crippen LogP contribution in [0.25, 0.3) is 11.5 Å². The molecule has 1 atom stereocenters. The van der Waals surface area contributed by atoms with E-state index in [0.717, 1.165) is 12.8 Å². The third kappa shape index (κ3) is 4.89. The fourth-order valence-electron chi connectivity index (χ4n) is 2.62. The van der Waals surface area contributed by atoms with Crippen LogP contribution < -0.4 is 20.9 Å². The molecule has 8 nitrogen and oxygen atoms in total. The van der Waals surface area contributed by atoms with Crippen molar-refractivity contribution in [3.8, 4) is 23.0 Å². The average molecular weight is 397 g/mol. The Morgan fingerprint density at radius 3 is 2.71 bits per heavy atom. The molecule has 0 spiro atoms. The fraction of sp³-hybridized carbons (Fsp3) is 0.444. The normalized spacial score (nSPS) is 14.8. The van der Waals surface area contributed by atoms with Gasteiger partial charge in [0.05, 0.1) is 6.61 Å². The summed E-state index contributed by atoms with van der Waals surface area (Å²) in [4.78, 5) is 15.3. The molecule has 0 bridgehead atoms. The fourth-order valence-corrected chi connectivity index (χ4v) is 2.62. The lowest BCUT2D eigenvalue weighted by Crippen LogP contribution is -2.16. The number of nitrogens with two attached hydrogens (primary N) is 2. The maximum Gasteiger partial charge on any atom is 0.405 e. The highest BCUT2D eigenvalue weighted by Gasteiger charge is 2.25. The average Bonchev–Trinajstić information content (AvgIpc) is 3.36. The number of nitrogens with zero attached hydrogens (tertiary/aromatic N) is 1. The third-order valence-corrected chi connectivity index (χ3v) is 4.16. The Morgan fingerprint density at radius 2 is 2.11 bits per heavy atom. The van der Waals surface area contributed by atoms with Crippen LogP contribution in [0.3, 0.4) is 0 Å². The maximum atomic E-state index is 12.7. The van der Waals surface area contributed by atoms with Crippen LogP contribution in [0.5, 0.6) is 11.5 Å². The zero-order valence-electron chi connectivity index (χ0n) is 15.2. The lowest BCUT2D eigenvalue weighted by molar-refractivity contribution is -0.0515. The molecule has 1 amide bonds. The minimum atomic E-state index is -2.97. The molecular formula is C18H21F2N3O5. The summed E-state index contributed by atoms with van der Waals surface area (Å²) >= 11 is 0. The molecule has 3 rings (SSSR count). The van der Waals surface area contributed by atoms with Crippen LogP contribution in [-0.2, 0) is 11.3 Å². The number of ether oxygens (including phenoxy) is 3. The molecule has 1 aromatic heterocycles. The highest BCUT2D eigenvalue weighted by atomic mass is 19.3. The van der Waals surface area contributed by atoms with Crippen LogP contribution in [0, 0.1) is 5.92 Å². The number of hydrogen-bond donors (Lipinski definition) is 2. The Kier molecular flexibility index (Phi) is 5.98. The Labute approximate surface area is 159 Å². The summed E-state index contributed by atoms with van der Waals surface area (Å²) in [5, 5.41) is 0. The molecule has 28 heavy (non-hydrogen) atoms. The molecule has 0 unspecified atom stereocenters. The van der Waals surface area contributed by atoms with Gasteiger partial charge in [0, 0.05) is 12.1 Å². The highest BCUT2D eigenvalue weighted by molar-refractivity contribution is 5.65. The lowest BCUT2D eigenvalue weighted by atomic mass is 10.2. The number of carbonyl (C=O) groups excluding carboxylic acids is 1. The molecule has 0 radical (unpaired) electrons. The van der Waals surface area contributed by atoms with Gasteiger partial charge in [0.15, 0.2) is 23.4 Å². The molecule has 1 aliphatic rings. The van der Waals surface area contributed by atoms with Crippen molar-refractivity contribution in [3.63, 3.8) is 0 Å².